The second-order valence-electron chi connectivity index (χ2n) is 6.48. The van der Waals surface area contributed by atoms with Crippen molar-refractivity contribution in [3.05, 3.63) is 59.9 Å². The van der Waals surface area contributed by atoms with Crippen molar-refractivity contribution in [3.63, 3.8) is 0 Å². The van der Waals surface area contributed by atoms with E-state index in [4.69, 9.17) is 10.3 Å². The smallest absolute Gasteiger partial charge is 0.251 e. The Morgan fingerprint density at radius 2 is 2.15 bits per heavy atom. The molecule has 0 bridgehead atoms. The lowest BCUT2D eigenvalue weighted by atomic mass is 10.1. The van der Waals surface area contributed by atoms with Gasteiger partial charge in [0.25, 0.3) is 5.91 Å². The van der Waals surface area contributed by atoms with Crippen molar-refractivity contribution in [3.8, 4) is 11.3 Å². The maximum absolute atomic E-state index is 12.6. The van der Waals surface area contributed by atoms with Crippen LogP contribution < -0.4 is 11.1 Å². The molecule has 0 radical (unpaired) electrons. The fourth-order valence-corrected chi connectivity index (χ4v) is 2.74. The van der Waals surface area contributed by atoms with Crippen molar-refractivity contribution in [1.29, 1.82) is 0 Å². The molecule has 0 spiro atoms. The third-order valence-corrected chi connectivity index (χ3v) is 4.36. The van der Waals surface area contributed by atoms with Crippen molar-refractivity contribution in [1.82, 2.24) is 20.4 Å². The molecular weight excluding hydrogens is 330 g/mol. The molecule has 132 valence electrons. The Morgan fingerprint density at radius 1 is 1.31 bits per heavy atom. The minimum atomic E-state index is -0.369. The van der Waals surface area contributed by atoms with Crippen molar-refractivity contribution in [2.75, 3.05) is 5.73 Å². The van der Waals surface area contributed by atoms with Crippen LogP contribution in [-0.4, -0.2) is 21.0 Å². The van der Waals surface area contributed by atoms with Crippen LogP contribution >= 0.6 is 0 Å². The van der Waals surface area contributed by atoms with E-state index < -0.39 is 0 Å². The Hall–Kier alpha value is -3.22. The molecule has 3 aromatic rings. The van der Waals surface area contributed by atoms with E-state index in [1.165, 1.54) is 0 Å². The van der Waals surface area contributed by atoms with Crippen LogP contribution in [0.4, 0.5) is 5.69 Å². The fraction of sp³-hybridized carbons (Fsp3) is 0.263. The first kappa shape index (κ1) is 16.3. The number of benzene rings is 1. The van der Waals surface area contributed by atoms with Crippen LogP contribution in [-0.2, 0) is 0 Å². The second-order valence-corrected chi connectivity index (χ2v) is 6.48. The highest BCUT2D eigenvalue weighted by atomic mass is 16.5. The highest BCUT2D eigenvalue weighted by Crippen LogP contribution is 2.38. The Labute approximate surface area is 150 Å². The SMILES string of the molecule is C[C@H](NC(=O)c1cccc(-c2ncccc2N)c1)c1nc(C2CC2)no1. The third-order valence-electron chi connectivity index (χ3n) is 4.36. The molecule has 1 fully saturated rings. The number of hydrogen-bond acceptors (Lipinski definition) is 6. The Bertz CT molecular complexity index is 948. The summed E-state index contributed by atoms with van der Waals surface area (Å²) in [6, 6.07) is 10.4. The molecule has 1 aliphatic carbocycles. The summed E-state index contributed by atoms with van der Waals surface area (Å²) in [5.41, 5.74) is 8.50. The van der Waals surface area contributed by atoms with Gasteiger partial charge in [-0.15, -0.1) is 0 Å². The predicted octanol–water partition coefficient (Wildman–Crippen LogP) is 3.08. The van der Waals surface area contributed by atoms with Gasteiger partial charge in [0.2, 0.25) is 5.89 Å². The molecular formula is C19H19N5O2. The van der Waals surface area contributed by atoms with E-state index in [1.807, 2.05) is 13.0 Å². The van der Waals surface area contributed by atoms with E-state index in [2.05, 4.69) is 20.4 Å². The van der Waals surface area contributed by atoms with Crippen LogP contribution in [0.5, 0.6) is 0 Å². The number of rotatable bonds is 5. The normalized spacial score (nSPS) is 14.8. The van der Waals surface area contributed by atoms with Gasteiger partial charge < -0.3 is 15.6 Å². The summed E-state index contributed by atoms with van der Waals surface area (Å²) in [6.45, 7) is 1.82. The van der Waals surface area contributed by atoms with E-state index in [-0.39, 0.29) is 11.9 Å². The molecule has 1 aromatic carbocycles. The van der Waals surface area contributed by atoms with Crippen LogP contribution in [0.3, 0.4) is 0 Å². The predicted molar refractivity (Wildman–Crippen MR) is 96.2 cm³/mol. The minimum absolute atomic E-state index is 0.222. The summed E-state index contributed by atoms with van der Waals surface area (Å²) in [5, 5.41) is 6.87. The number of hydrogen-bond donors (Lipinski definition) is 2. The zero-order valence-corrected chi connectivity index (χ0v) is 14.3. The summed E-state index contributed by atoms with van der Waals surface area (Å²) in [4.78, 5) is 21.3. The molecule has 4 rings (SSSR count). The Balaban J connectivity index is 1.50. The van der Waals surface area contributed by atoms with Gasteiger partial charge in [-0.3, -0.25) is 9.78 Å². The number of nitrogen functional groups attached to an aromatic ring is 1. The lowest BCUT2D eigenvalue weighted by Gasteiger charge is -2.11. The van der Waals surface area contributed by atoms with Crippen molar-refractivity contribution < 1.29 is 9.32 Å². The minimum Gasteiger partial charge on any atom is -0.397 e. The molecule has 7 nitrogen and oxygen atoms in total. The summed E-state index contributed by atoms with van der Waals surface area (Å²) in [6.07, 6.45) is 3.87. The van der Waals surface area contributed by atoms with Crippen LogP contribution in [0.25, 0.3) is 11.3 Å². The van der Waals surface area contributed by atoms with E-state index in [0.717, 1.165) is 24.2 Å². The molecule has 1 atom stereocenters. The molecule has 3 N–H and O–H groups in total. The number of amides is 1. The number of anilines is 1. The molecule has 1 amide bonds. The fourth-order valence-electron chi connectivity index (χ4n) is 2.74. The van der Waals surface area contributed by atoms with E-state index >= 15 is 0 Å². The first-order chi connectivity index (χ1) is 12.6. The molecule has 0 aliphatic heterocycles. The van der Waals surface area contributed by atoms with Crippen LogP contribution in [0.2, 0.25) is 0 Å². The number of carbonyl (C=O) groups excluding carboxylic acids is 1. The molecule has 1 saturated carbocycles. The van der Waals surface area contributed by atoms with Crippen LogP contribution in [0.15, 0.2) is 47.1 Å². The monoisotopic (exact) mass is 349 g/mol. The molecule has 0 unspecified atom stereocenters. The number of carbonyl (C=O) groups is 1. The van der Waals surface area contributed by atoms with Gasteiger partial charge in [0.05, 0.1) is 11.4 Å². The largest absolute Gasteiger partial charge is 0.397 e. The van der Waals surface area contributed by atoms with Crippen LogP contribution in [0, 0.1) is 0 Å². The number of pyridine rings is 1. The summed E-state index contributed by atoms with van der Waals surface area (Å²) in [5.74, 6) is 1.34. The molecule has 1 aliphatic rings. The summed E-state index contributed by atoms with van der Waals surface area (Å²) < 4.78 is 5.27. The van der Waals surface area contributed by atoms with Gasteiger partial charge in [0.15, 0.2) is 5.82 Å². The second kappa shape index (κ2) is 6.59. The standard InChI is InChI=1S/C19H19N5O2/c1-11(19-23-17(24-26-19)12-7-8-12)22-18(25)14-5-2-4-13(10-14)16-15(20)6-3-9-21-16/h2-6,9-12H,7-8,20H2,1H3,(H,22,25)/t11-/m0/s1. The lowest BCUT2D eigenvalue weighted by molar-refractivity contribution is 0.0932. The highest BCUT2D eigenvalue weighted by Gasteiger charge is 2.29. The maximum atomic E-state index is 12.6. The van der Waals surface area contributed by atoms with Gasteiger partial charge in [-0.1, -0.05) is 17.3 Å². The topological polar surface area (TPSA) is 107 Å². The third kappa shape index (κ3) is 3.28. The van der Waals surface area contributed by atoms with E-state index in [9.17, 15) is 4.79 Å². The van der Waals surface area contributed by atoms with Gasteiger partial charge >= 0.3 is 0 Å². The first-order valence-corrected chi connectivity index (χ1v) is 8.57. The van der Waals surface area contributed by atoms with Gasteiger partial charge in [-0.25, -0.2) is 0 Å². The average Bonchev–Trinajstić information content (AvgIpc) is 3.38. The quantitative estimate of drug-likeness (QED) is 0.733. The maximum Gasteiger partial charge on any atom is 0.251 e. The van der Waals surface area contributed by atoms with Gasteiger partial charge in [0, 0.05) is 23.2 Å². The summed E-state index contributed by atoms with van der Waals surface area (Å²) in [7, 11) is 0. The van der Waals surface area contributed by atoms with Gasteiger partial charge in [-0.2, -0.15) is 4.98 Å². The van der Waals surface area contributed by atoms with Crippen LogP contribution in [0.1, 0.15) is 53.8 Å². The average molecular weight is 349 g/mol. The molecule has 26 heavy (non-hydrogen) atoms. The Kier molecular flexibility index (Phi) is 4.12. The van der Waals surface area contributed by atoms with Crippen molar-refractivity contribution in [2.24, 2.45) is 0 Å². The molecule has 0 saturated heterocycles. The van der Waals surface area contributed by atoms with Gasteiger partial charge in [0.1, 0.15) is 6.04 Å². The highest BCUT2D eigenvalue weighted by molar-refractivity contribution is 5.95. The van der Waals surface area contributed by atoms with E-state index in [0.29, 0.717) is 28.8 Å². The lowest BCUT2D eigenvalue weighted by Crippen LogP contribution is -2.26. The Morgan fingerprint density at radius 3 is 2.92 bits per heavy atom. The molecule has 2 aromatic heterocycles. The number of nitrogens with two attached hydrogens (primary N) is 1. The van der Waals surface area contributed by atoms with E-state index in [1.54, 1.807) is 36.5 Å². The zero-order valence-electron chi connectivity index (χ0n) is 14.3. The molecule has 2 heterocycles. The van der Waals surface area contributed by atoms with Crippen molar-refractivity contribution >= 4 is 11.6 Å². The number of nitrogens with one attached hydrogen (secondary N) is 1. The van der Waals surface area contributed by atoms with Crippen molar-refractivity contribution in [2.45, 2.75) is 31.7 Å². The van der Waals surface area contributed by atoms with Gasteiger partial charge in [-0.05, 0) is 44.0 Å². The summed E-state index contributed by atoms with van der Waals surface area (Å²) >= 11 is 0. The number of aromatic nitrogens is 3. The first-order valence-electron chi connectivity index (χ1n) is 8.57. The number of nitrogens with zero attached hydrogens (tertiary/aromatic N) is 3. The molecule has 7 heteroatoms. The zero-order chi connectivity index (χ0) is 18.1.